The van der Waals surface area contributed by atoms with Gasteiger partial charge in [0.1, 0.15) is 0 Å². The van der Waals surface area contributed by atoms with Crippen molar-refractivity contribution in [1.82, 2.24) is 4.98 Å². The first-order chi connectivity index (χ1) is 7.51. The molecular formula is C11H17F2N3. The number of hydrogen-bond donors (Lipinski definition) is 1. The Hall–Kier alpha value is -1.39. The lowest BCUT2D eigenvalue weighted by Gasteiger charge is -2.25. The second-order valence-electron chi connectivity index (χ2n) is 3.74. The minimum atomic E-state index is -0.679. The van der Waals surface area contributed by atoms with Crippen molar-refractivity contribution < 1.29 is 8.78 Å². The zero-order chi connectivity index (χ0) is 12.3. The number of aromatic nitrogens is 1. The van der Waals surface area contributed by atoms with Crippen molar-refractivity contribution in [1.29, 1.82) is 0 Å². The molecule has 0 aliphatic heterocycles. The van der Waals surface area contributed by atoms with Crippen LogP contribution in [0.2, 0.25) is 0 Å². The van der Waals surface area contributed by atoms with Gasteiger partial charge in [0.2, 0.25) is 0 Å². The zero-order valence-corrected chi connectivity index (χ0v) is 10.0. The minimum Gasteiger partial charge on any atom is -0.371 e. The third-order valence-corrected chi connectivity index (χ3v) is 2.73. The predicted octanol–water partition coefficient (Wildman–Crippen LogP) is 2.64. The van der Waals surface area contributed by atoms with Crippen LogP contribution in [0.5, 0.6) is 0 Å². The number of halogens is 2. The van der Waals surface area contributed by atoms with E-state index in [1.807, 2.05) is 13.8 Å². The molecule has 0 saturated heterocycles. The van der Waals surface area contributed by atoms with E-state index in [0.717, 1.165) is 12.5 Å². The van der Waals surface area contributed by atoms with Crippen LogP contribution in [0.1, 0.15) is 20.3 Å². The van der Waals surface area contributed by atoms with Crippen LogP contribution >= 0.6 is 0 Å². The molecule has 1 N–H and O–H groups in total. The molecule has 0 spiro atoms. The van der Waals surface area contributed by atoms with Gasteiger partial charge in [-0.2, -0.15) is 0 Å². The first-order valence-corrected chi connectivity index (χ1v) is 5.27. The maximum atomic E-state index is 13.5. The summed E-state index contributed by atoms with van der Waals surface area (Å²) < 4.78 is 26.7. The molecule has 1 atom stereocenters. The fourth-order valence-electron chi connectivity index (χ4n) is 1.36. The molecule has 0 saturated carbocycles. The topological polar surface area (TPSA) is 28.2 Å². The third-order valence-electron chi connectivity index (χ3n) is 2.73. The molecule has 0 aromatic carbocycles. The van der Waals surface area contributed by atoms with Crippen LogP contribution < -0.4 is 10.2 Å². The molecule has 0 aliphatic carbocycles. The van der Waals surface area contributed by atoms with E-state index in [2.05, 4.69) is 10.3 Å². The highest BCUT2D eigenvalue weighted by molar-refractivity contribution is 5.49. The Labute approximate surface area is 94.5 Å². The van der Waals surface area contributed by atoms with Crippen molar-refractivity contribution in [2.45, 2.75) is 26.3 Å². The number of rotatable bonds is 4. The minimum absolute atomic E-state index is 0.0616. The quantitative estimate of drug-likeness (QED) is 0.860. The van der Waals surface area contributed by atoms with Crippen LogP contribution in [0, 0.1) is 11.6 Å². The lowest BCUT2D eigenvalue weighted by atomic mass is 10.2. The molecule has 1 heterocycles. The second kappa shape index (κ2) is 5.09. The summed E-state index contributed by atoms with van der Waals surface area (Å²) in [7, 11) is 3.30. The molecule has 0 radical (unpaired) electrons. The molecule has 1 rings (SSSR count). The molecule has 1 aromatic rings. The molecule has 0 amide bonds. The highest BCUT2D eigenvalue weighted by Crippen LogP contribution is 2.23. The van der Waals surface area contributed by atoms with Gasteiger partial charge in [-0.1, -0.05) is 6.92 Å². The monoisotopic (exact) mass is 229 g/mol. The van der Waals surface area contributed by atoms with Crippen LogP contribution in [-0.4, -0.2) is 25.1 Å². The Balaban J connectivity index is 3.13. The Bertz CT molecular complexity index is 368. The molecule has 16 heavy (non-hydrogen) atoms. The van der Waals surface area contributed by atoms with Gasteiger partial charge in [0, 0.05) is 26.2 Å². The lowest BCUT2D eigenvalue weighted by Crippen LogP contribution is -2.30. The van der Waals surface area contributed by atoms with Gasteiger partial charge < -0.3 is 10.2 Å². The summed E-state index contributed by atoms with van der Waals surface area (Å²) in [6, 6.07) is 1.00. The van der Waals surface area contributed by atoms with Crippen LogP contribution in [0.25, 0.3) is 0 Å². The van der Waals surface area contributed by atoms with Crippen molar-refractivity contribution in [3.63, 3.8) is 0 Å². The standard InChI is InChI=1S/C11H17F2N3/c1-5-7(2)16(4)11-9(13)6-8(12)10(14-3)15-11/h6-7H,5H2,1-4H3,(H,14,15). The lowest BCUT2D eigenvalue weighted by molar-refractivity contribution is 0.561. The summed E-state index contributed by atoms with van der Waals surface area (Å²) in [6.45, 7) is 3.96. The van der Waals surface area contributed by atoms with Crippen molar-refractivity contribution in [2.75, 3.05) is 24.3 Å². The van der Waals surface area contributed by atoms with E-state index in [9.17, 15) is 8.78 Å². The number of nitrogens with one attached hydrogen (secondary N) is 1. The molecule has 90 valence electrons. The van der Waals surface area contributed by atoms with E-state index in [0.29, 0.717) is 0 Å². The van der Waals surface area contributed by atoms with E-state index in [-0.39, 0.29) is 17.7 Å². The normalized spacial score (nSPS) is 12.4. The Kier molecular flexibility index (Phi) is 4.04. The number of pyridine rings is 1. The maximum absolute atomic E-state index is 13.5. The van der Waals surface area contributed by atoms with E-state index in [4.69, 9.17) is 0 Å². The predicted molar refractivity (Wildman–Crippen MR) is 61.9 cm³/mol. The Morgan fingerprint density at radius 2 is 2.06 bits per heavy atom. The molecule has 1 unspecified atom stereocenters. The van der Waals surface area contributed by atoms with Gasteiger partial charge >= 0.3 is 0 Å². The summed E-state index contributed by atoms with van der Waals surface area (Å²) >= 11 is 0. The van der Waals surface area contributed by atoms with Crippen molar-refractivity contribution >= 4 is 11.6 Å². The summed E-state index contributed by atoms with van der Waals surface area (Å²) in [5.74, 6) is -1.09. The number of nitrogens with zero attached hydrogens (tertiary/aromatic N) is 2. The first kappa shape index (κ1) is 12.7. The van der Waals surface area contributed by atoms with Gasteiger partial charge in [0.05, 0.1) is 0 Å². The van der Waals surface area contributed by atoms with Gasteiger partial charge in [0.15, 0.2) is 23.3 Å². The van der Waals surface area contributed by atoms with Crippen LogP contribution in [0.3, 0.4) is 0 Å². The van der Waals surface area contributed by atoms with Crippen molar-refractivity contribution in [3.8, 4) is 0 Å². The smallest absolute Gasteiger partial charge is 0.168 e. The summed E-state index contributed by atoms with van der Waals surface area (Å²) in [4.78, 5) is 5.63. The van der Waals surface area contributed by atoms with E-state index >= 15 is 0 Å². The van der Waals surface area contributed by atoms with Gasteiger partial charge in [-0.25, -0.2) is 13.8 Å². The highest BCUT2D eigenvalue weighted by atomic mass is 19.1. The zero-order valence-electron chi connectivity index (χ0n) is 10.0. The van der Waals surface area contributed by atoms with Crippen molar-refractivity contribution in [2.24, 2.45) is 0 Å². The van der Waals surface area contributed by atoms with E-state index < -0.39 is 11.6 Å². The molecule has 0 fully saturated rings. The molecule has 3 nitrogen and oxygen atoms in total. The average molecular weight is 229 g/mol. The van der Waals surface area contributed by atoms with E-state index in [1.54, 1.807) is 19.0 Å². The van der Waals surface area contributed by atoms with Gasteiger partial charge in [0.25, 0.3) is 0 Å². The first-order valence-electron chi connectivity index (χ1n) is 5.27. The van der Waals surface area contributed by atoms with Gasteiger partial charge in [-0.05, 0) is 13.3 Å². The third kappa shape index (κ3) is 2.40. The summed E-state index contributed by atoms with van der Waals surface area (Å²) in [5.41, 5.74) is 0. The fourth-order valence-corrected chi connectivity index (χ4v) is 1.36. The van der Waals surface area contributed by atoms with E-state index in [1.165, 1.54) is 0 Å². The molecule has 1 aromatic heterocycles. The molecule has 5 heteroatoms. The van der Waals surface area contributed by atoms with Crippen LogP contribution in [0.4, 0.5) is 20.4 Å². The van der Waals surface area contributed by atoms with Crippen LogP contribution in [-0.2, 0) is 0 Å². The second-order valence-corrected chi connectivity index (χ2v) is 3.74. The Morgan fingerprint density at radius 3 is 2.56 bits per heavy atom. The number of hydrogen-bond acceptors (Lipinski definition) is 3. The maximum Gasteiger partial charge on any atom is 0.168 e. The molecule has 0 aliphatic rings. The molecule has 0 bridgehead atoms. The largest absolute Gasteiger partial charge is 0.371 e. The van der Waals surface area contributed by atoms with Gasteiger partial charge in [-0.3, -0.25) is 0 Å². The SMILES string of the molecule is CCC(C)N(C)c1nc(NC)c(F)cc1F. The Morgan fingerprint density at radius 1 is 1.44 bits per heavy atom. The van der Waals surface area contributed by atoms with Gasteiger partial charge in [-0.15, -0.1) is 0 Å². The molecular weight excluding hydrogens is 212 g/mol. The fraction of sp³-hybridized carbons (Fsp3) is 0.545. The van der Waals surface area contributed by atoms with Crippen LogP contribution in [0.15, 0.2) is 6.07 Å². The summed E-state index contributed by atoms with van der Waals surface area (Å²) in [6.07, 6.45) is 0.865. The number of anilines is 2. The highest BCUT2D eigenvalue weighted by Gasteiger charge is 2.17. The summed E-state index contributed by atoms with van der Waals surface area (Å²) in [5, 5.41) is 2.60. The average Bonchev–Trinajstić information content (AvgIpc) is 2.27. The van der Waals surface area contributed by atoms with Crippen molar-refractivity contribution in [3.05, 3.63) is 17.7 Å².